The van der Waals surface area contributed by atoms with Gasteiger partial charge >= 0.3 is 0 Å². The van der Waals surface area contributed by atoms with Crippen LogP contribution < -0.4 is 10.2 Å². The molecule has 0 spiro atoms. The number of anilines is 1. The topological polar surface area (TPSA) is 67.3 Å². The maximum Gasteiger partial charge on any atom is 0.246 e. The molecule has 3 rings (SSSR count). The van der Waals surface area contributed by atoms with E-state index in [2.05, 4.69) is 20.2 Å². The normalized spacial score (nSPS) is 20.6. The minimum atomic E-state index is -0.0309. The van der Waals surface area contributed by atoms with Gasteiger partial charge in [-0.3, -0.25) is 4.79 Å². The number of aryl methyl sites for hydroxylation is 1. The first-order valence-electron chi connectivity index (χ1n) is 7.72. The molecule has 1 aliphatic carbocycles. The number of nitrogens with one attached hydrogen (secondary N) is 1. The van der Waals surface area contributed by atoms with Crippen molar-refractivity contribution in [3.05, 3.63) is 17.6 Å². The molecule has 2 aliphatic rings. The molecule has 1 aliphatic heterocycles. The molecule has 0 radical (unpaired) electrons. The highest BCUT2D eigenvalue weighted by atomic mass is 16.5. The molecule has 21 heavy (non-hydrogen) atoms. The summed E-state index contributed by atoms with van der Waals surface area (Å²) >= 11 is 0. The molecule has 0 saturated carbocycles. The quantitative estimate of drug-likeness (QED) is 0.864. The second-order valence-corrected chi connectivity index (χ2v) is 5.61. The lowest BCUT2D eigenvalue weighted by atomic mass is 10.2. The van der Waals surface area contributed by atoms with Crippen LogP contribution in [-0.4, -0.2) is 48.2 Å². The monoisotopic (exact) mass is 290 g/mol. The third-order valence-electron chi connectivity index (χ3n) is 4.14. The maximum absolute atomic E-state index is 11.7. The van der Waals surface area contributed by atoms with Crippen molar-refractivity contribution in [2.45, 2.75) is 38.6 Å². The summed E-state index contributed by atoms with van der Waals surface area (Å²) in [7, 11) is 0. The Morgan fingerprint density at radius 3 is 3.24 bits per heavy atom. The number of aromatic nitrogens is 2. The fourth-order valence-corrected chi connectivity index (χ4v) is 3.15. The summed E-state index contributed by atoms with van der Waals surface area (Å²) in [4.78, 5) is 22.8. The van der Waals surface area contributed by atoms with E-state index in [1.165, 1.54) is 17.7 Å². The van der Waals surface area contributed by atoms with Gasteiger partial charge in [-0.05, 0) is 32.6 Å². The predicted octanol–water partition coefficient (Wildman–Crippen LogP) is 0.697. The molecule has 1 fully saturated rings. The molecule has 1 unspecified atom stereocenters. The number of hydrogen-bond donors (Lipinski definition) is 1. The van der Waals surface area contributed by atoms with Crippen LogP contribution in [0.15, 0.2) is 6.33 Å². The first kappa shape index (κ1) is 14.3. The van der Waals surface area contributed by atoms with Crippen molar-refractivity contribution < 1.29 is 9.53 Å². The minimum Gasteiger partial charge on any atom is -0.372 e. The van der Waals surface area contributed by atoms with E-state index in [9.17, 15) is 4.79 Å². The summed E-state index contributed by atoms with van der Waals surface area (Å²) in [5, 5.41) is 3.03. The van der Waals surface area contributed by atoms with Crippen LogP contribution >= 0.6 is 0 Å². The first-order valence-corrected chi connectivity index (χ1v) is 7.72. The molecule has 6 heteroatoms. The fraction of sp³-hybridized carbons (Fsp3) is 0.667. The number of hydrogen-bond acceptors (Lipinski definition) is 5. The summed E-state index contributed by atoms with van der Waals surface area (Å²) < 4.78 is 5.13. The fourth-order valence-electron chi connectivity index (χ4n) is 3.15. The van der Waals surface area contributed by atoms with Crippen molar-refractivity contribution in [1.29, 1.82) is 0 Å². The Morgan fingerprint density at radius 2 is 2.38 bits per heavy atom. The zero-order valence-corrected chi connectivity index (χ0v) is 12.5. The molecule has 114 valence electrons. The van der Waals surface area contributed by atoms with Gasteiger partial charge in [0, 0.05) is 37.0 Å². The van der Waals surface area contributed by atoms with Gasteiger partial charge in [-0.1, -0.05) is 0 Å². The van der Waals surface area contributed by atoms with Crippen LogP contribution in [-0.2, 0) is 22.4 Å². The molecule has 1 saturated heterocycles. The zero-order chi connectivity index (χ0) is 14.7. The number of carbonyl (C=O) groups excluding carboxylic acids is 1. The van der Waals surface area contributed by atoms with Crippen LogP contribution in [0.5, 0.6) is 0 Å². The number of nitrogens with zero attached hydrogens (tertiary/aromatic N) is 3. The standard InChI is InChI=1S/C15H22N4O2/c1-2-21-9-14(20)18-11-6-7-19(8-11)15-12-4-3-5-13(12)16-10-17-15/h10-11H,2-9H2,1H3,(H,18,20). The van der Waals surface area contributed by atoms with Crippen LogP contribution in [0.25, 0.3) is 0 Å². The van der Waals surface area contributed by atoms with Crippen molar-refractivity contribution in [2.75, 3.05) is 31.2 Å². The maximum atomic E-state index is 11.7. The SMILES string of the molecule is CCOCC(=O)NC1CCN(c2ncnc3c2CCC3)C1. The van der Waals surface area contributed by atoms with E-state index in [4.69, 9.17) is 4.74 Å². The number of fused-ring (bicyclic) bond motifs is 1. The van der Waals surface area contributed by atoms with Gasteiger partial charge in [0.15, 0.2) is 0 Å². The third kappa shape index (κ3) is 3.15. The Labute approximate surface area is 124 Å². The highest BCUT2D eigenvalue weighted by Crippen LogP contribution is 2.29. The zero-order valence-electron chi connectivity index (χ0n) is 12.5. The van der Waals surface area contributed by atoms with Crippen LogP contribution in [0.1, 0.15) is 31.0 Å². The van der Waals surface area contributed by atoms with Crippen LogP contribution in [0.4, 0.5) is 5.82 Å². The Balaban J connectivity index is 1.60. The summed E-state index contributed by atoms with van der Waals surface area (Å²) in [6.45, 7) is 4.36. The lowest BCUT2D eigenvalue weighted by Crippen LogP contribution is -2.39. The predicted molar refractivity (Wildman–Crippen MR) is 79.3 cm³/mol. The van der Waals surface area contributed by atoms with E-state index in [1.54, 1.807) is 6.33 Å². The highest BCUT2D eigenvalue weighted by molar-refractivity contribution is 5.77. The molecular weight excluding hydrogens is 268 g/mol. The third-order valence-corrected chi connectivity index (χ3v) is 4.14. The number of carbonyl (C=O) groups is 1. The molecule has 2 heterocycles. The Hall–Kier alpha value is -1.69. The number of rotatable bonds is 5. The van der Waals surface area contributed by atoms with E-state index in [0.717, 1.165) is 38.2 Å². The van der Waals surface area contributed by atoms with Crippen LogP contribution in [0.3, 0.4) is 0 Å². The largest absolute Gasteiger partial charge is 0.372 e. The first-order chi connectivity index (χ1) is 10.3. The molecule has 1 aromatic rings. The van der Waals surface area contributed by atoms with Crippen molar-refractivity contribution in [3.8, 4) is 0 Å². The molecule has 1 aromatic heterocycles. The van der Waals surface area contributed by atoms with E-state index in [-0.39, 0.29) is 18.6 Å². The van der Waals surface area contributed by atoms with Crippen molar-refractivity contribution in [1.82, 2.24) is 15.3 Å². The van der Waals surface area contributed by atoms with Gasteiger partial charge in [-0.15, -0.1) is 0 Å². The second-order valence-electron chi connectivity index (χ2n) is 5.61. The molecule has 1 N–H and O–H groups in total. The number of ether oxygens (including phenoxy) is 1. The molecular formula is C15H22N4O2. The minimum absolute atomic E-state index is 0.0309. The lowest BCUT2D eigenvalue weighted by molar-refractivity contribution is -0.126. The smallest absolute Gasteiger partial charge is 0.246 e. The van der Waals surface area contributed by atoms with Crippen LogP contribution in [0, 0.1) is 0 Å². The average Bonchev–Trinajstić information content (AvgIpc) is 3.13. The van der Waals surface area contributed by atoms with E-state index in [1.807, 2.05) is 6.92 Å². The van der Waals surface area contributed by atoms with E-state index in [0.29, 0.717) is 6.61 Å². The summed E-state index contributed by atoms with van der Waals surface area (Å²) in [5.41, 5.74) is 2.50. The van der Waals surface area contributed by atoms with Gasteiger partial charge in [0.05, 0.1) is 0 Å². The Kier molecular flexibility index (Phi) is 4.34. The van der Waals surface area contributed by atoms with Gasteiger partial charge in [-0.2, -0.15) is 0 Å². The molecule has 1 atom stereocenters. The Morgan fingerprint density at radius 1 is 1.48 bits per heavy atom. The van der Waals surface area contributed by atoms with Crippen molar-refractivity contribution >= 4 is 11.7 Å². The summed E-state index contributed by atoms with van der Waals surface area (Å²) in [6.07, 6.45) is 5.93. The van der Waals surface area contributed by atoms with Crippen LogP contribution in [0.2, 0.25) is 0 Å². The van der Waals surface area contributed by atoms with Gasteiger partial charge in [-0.25, -0.2) is 9.97 Å². The van der Waals surface area contributed by atoms with E-state index < -0.39 is 0 Å². The van der Waals surface area contributed by atoms with Crippen molar-refractivity contribution in [3.63, 3.8) is 0 Å². The van der Waals surface area contributed by atoms with Gasteiger partial charge in [0.25, 0.3) is 0 Å². The summed E-state index contributed by atoms with van der Waals surface area (Å²) in [5.74, 6) is 1.04. The second kappa shape index (κ2) is 6.39. The van der Waals surface area contributed by atoms with Gasteiger partial charge in [0.2, 0.25) is 5.91 Å². The lowest BCUT2D eigenvalue weighted by Gasteiger charge is -2.20. The van der Waals surface area contributed by atoms with Crippen molar-refractivity contribution in [2.24, 2.45) is 0 Å². The molecule has 0 aromatic carbocycles. The highest BCUT2D eigenvalue weighted by Gasteiger charge is 2.28. The molecule has 0 bridgehead atoms. The molecule has 6 nitrogen and oxygen atoms in total. The van der Waals surface area contributed by atoms with Gasteiger partial charge < -0.3 is 15.0 Å². The molecule has 1 amide bonds. The Bertz CT molecular complexity index is 520. The van der Waals surface area contributed by atoms with Gasteiger partial charge in [0.1, 0.15) is 18.8 Å². The van der Waals surface area contributed by atoms with E-state index >= 15 is 0 Å². The average molecular weight is 290 g/mol. The number of amides is 1. The summed E-state index contributed by atoms with van der Waals surface area (Å²) in [6, 6.07) is 0.185.